The summed E-state index contributed by atoms with van der Waals surface area (Å²) in [6.07, 6.45) is 1.02. The number of hydrogen-bond donors (Lipinski definition) is 1. The highest BCUT2D eigenvalue weighted by Gasteiger charge is 2.29. The first kappa shape index (κ1) is 11.4. The summed E-state index contributed by atoms with van der Waals surface area (Å²) in [6.45, 7) is 2.84. The molecule has 88 valence electrons. The van der Waals surface area contributed by atoms with E-state index in [1.54, 1.807) is 7.11 Å². The maximum absolute atomic E-state index is 6.15. The SMILES string of the molecule is COCC(C)C1CC(N)c2ccccc2O1. The Morgan fingerprint density at radius 3 is 3.00 bits per heavy atom. The van der Waals surface area contributed by atoms with Crippen molar-refractivity contribution in [3.05, 3.63) is 29.8 Å². The number of hydrogen-bond acceptors (Lipinski definition) is 3. The molecular formula is C13H19NO2. The van der Waals surface area contributed by atoms with Crippen LogP contribution in [0.4, 0.5) is 0 Å². The summed E-state index contributed by atoms with van der Waals surface area (Å²) < 4.78 is 11.1. The number of para-hydroxylation sites is 1. The van der Waals surface area contributed by atoms with Crippen molar-refractivity contribution in [2.45, 2.75) is 25.5 Å². The average molecular weight is 221 g/mol. The second-order valence-electron chi connectivity index (χ2n) is 4.47. The second kappa shape index (κ2) is 4.85. The Bertz CT molecular complexity index is 354. The molecule has 0 radical (unpaired) electrons. The van der Waals surface area contributed by atoms with E-state index in [1.807, 2.05) is 24.3 Å². The van der Waals surface area contributed by atoms with Gasteiger partial charge in [0.2, 0.25) is 0 Å². The molecule has 1 heterocycles. The number of rotatable bonds is 3. The van der Waals surface area contributed by atoms with Gasteiger partial charge in [-0.15, -0.1) is 0 Å². The first-order valence-electron chi connectivity index (χ1n) is 5.72. The predicted molar refractivity (Wildman–Crippen MR) is 63.4 cm³/mol. The van der Waals surface area contributed by atoms with Gasteiger partial charge in [0.05, 0.1) is 6.61 Å². The number of ether oxygens (including phenoxy) is 2. The number of methoxy groups -OCH3 is 1. The first-order chi connectivity index (χ1) is 7.72. The van der Waals surface area contributed by atoms with Crippen molar-refractivity contribution in [2.75, 3.05) is 13.7 Å². The average Bonchev–Trinajstić information content (AvgIpc) is 2.29. The summed E-state index contributed by atoms with van der Waals surface area (Å²) in [4.78, 5) is 0. The van der Waals surface area contributed by atoms with E-state index in [-0.39, 0.29) is 12.1 Å². The van der Waals surface area contributed by atoms with Gasteiger partial charge in [-0.25, -0.2) is 0 Å². The van der Waals surface area contributed by atoms with Gasteiger partial charge in [-0.05, 0) is 6.07 Å². The molecule has 0 saturated carbocycles. The molecule has 16 heavy (non-hydrogen) atoms. The van der Waals surface area contributed by atoms with Gasteiger partial charge in [-0.3, -0.25) is 0 Å². The largest absolute Gasteiger partial charge is 0.490 e. The van der Waals surface area contributed by atoms with E-state index in [9.17, 15) is 0 Å². The Balaban J connectivity index is 2.14. The molecule has 1 aliphatic rings. The molecule has 0 aliphatic carbocycles. The van der Waals surface area contributed by atoms with Crippen molar-refractivity contribution in [1.29, 1.82) is 0 Å². The quantitative estimate of drug-likeness (QED) is 0.850. The van der Waals surface area contributed by atoms with Gasteiger partial charge >= 0.3 is 0 Å². The van der Waals surface area contributed by atoms with Crippen LogP contribution in [0, 0.1) is 5.92 Å². The van der Waals surface area contributed by atoms with E-state index in [2.05, 4.69) is 6.92 Å². The number of fused-ring (bicyclic) bond motifs is 1. The van der Waals surface area contributed by atoms with Crippen LogP contribution in [0.25, 0.3) is 0 Å². The fourth-order valence-corrected chi connectivity index (χ4v) is 2.20. The lowest BCUT2D eigenvalue weighted by Gasteiger charge is -2.33. The Hall–Kier alpha value is -1.06. The molecule has 2 rings (SSSR count). The van der Waals surface area contributed by atoms with Crippen LogP contribution in [-0.4, -0.2) is 19.8 Å². The predicted octanol–water partition coefficient (Wildman–Crippen LogP) is 2.12. The molecule has 3 heteroatoms. The topological polar surface area (TPSA) is 44.5 Å². The molecule has 3 unspecified atom stereocenters. The monoisotopic (exact) mass is 221 g/mol. The summed E-state index contributed by atoms with van der Waals surface area (Å²) in [7, 11) is 1.72. The maximum atomic E-state index is 6.15. The lowest BCUT2D eigenvalue weighted by atomic mass is 9.91. The molecule has 0 fully saturated rings. The minimum absolute atomic E-state index is 0.0780. The Morgan fingerprint density at radius 2 is 2.25 bits per heavy atom. The summed E-state index contributed by atoms with van der Waals surface area (Å²) in [5.41, 5.74) is 7.26. The van der Waals surface area contributed by atoms with Crippen LogP contribution in [0.15, 0.2) is 24.3 Å². The van der Waals surface area contributed by atoms with Gasteiger partial charge in [-0.2, -0.15) is 0 Å². The molecule has 1 aliphatic heterocycles. The lowest BCUT2D eigenvalue weighted by molar-refractivity contribution is 0.0538. The summed E-state index contributed by atoms with van der Waals surface area (Å²) in [5, 5.41) is 0. The van der Waals surface area contributed by atoms with Gasteiger partial charge in [0.15, 0.2) is 0 Å². The summed E-state index contributed by atoms with van der Waals surface area (Å²) in [5.74, 6) is 1.29. The highest BCUT2D eigenvalue weighted by atomic mass is 16.5. The van der Waals surface area contributed by atoms with Gasteiger partial charge in [0, 0.05) is 31.1 Å². The third-order valence-electron chi connectivity index (χ3n) is 3.15. The van der Waals surface area contributed by atoms with Crippen molar-refractivity contribution in [3.8, 4) is 5.75 Å². The molecule has 0 amide bonds. The van der Waals surface area contributed by atoms with Gasteiger partial charge in [0.1, 0.15) is 11.9 Å². The standard InChI is InChI=1S/C13H19NO2/c1-9(8-15-2)13-7-11(14)10-5-3-4-6-12(10)16-13/h3-6,9,11,13H,7-8,14H2,1-2H3. The Kier molecular flexibility index (Phi) is 3.46. The van der Waals surface area contributed by atoms with Gasteiger partial charge in [-0.1, -0.05) is 25.1 Å². The van der Waals surface area contributed by atoms with E-state index in [1.165, 1.54) is 0 Å². The molecule has 3 atom stereocenters. The maximum Gasteiger partial charge on any atom is 0.124 e. The van der Waals surface area contributed by atoms with Gasteiger partial charge < -0.3 is 15.2 Å². The highest BCUT2D eigenvalue weighted by Crippen LogP contribution is 2.35. The minimum Gasteiger partial charge on any atom is -0.490 e. The molecule has 1 aromatic rings. The fourth-order valence-electron chi connectivity index (χ4n) is 2.20. The van der Waals surface area contributed by atoms with Crippen LogP contribution in [0.2, 0.25) is 0 Å². The fraction of sp³-hybridized carbons (Fsp3) is 0.538. The summed E-state index contributed by atoms with van der Waals surface area (Å²) in [6, 6.07) is 8.09. The number of nitrogens with two attached hydrogens (primary N) is 1. The summed E-state index contributed by atoms with van der Waals surface area (Å²) >= 11 is 0. The van der Waals surface area contributed by atoms with E-state index in [0.717, 1.165) is 17.7 Å². The second-order valence-corrected chi connectivity index (χ2v) is 4.47. The molecular weight excluding hydrogens is 202 g/mol. The van der Waals surface area contributed by atoms with E-state index < -0.39 is 0 Å². The minimum atomic E-state index is 0.0780. The van der Waals surface area contributed by atoms with Crippen molar-refractivity contribution >= 4 is 0 Å². The van der Waals surface area contributed by atoms with Crippen LogP contribution in [0.1, 0.15) is 24.9 Å². The molecule has 0 aromatic heterocycles. The zero-order valence-electron chi connectivity index (χ0n) is 9.85. The number of benzene rings is 1. The van der Waals surface area contributed by atoms with Crippen LogP contribution < -0.4 is 10.5 Å². The van der Waals surface area contributed by atoms with E-state index >= 15 is 0 Å². The molecule has 0 bridgehead atoms. The highest BCUT2D eigenvalue weighted by molar-refractivity contribution is 5.37. The van der Waals surface area contributed by atoms with Crippen molar-refractivity contribution in [1.82, 2.24) is 0 Å². The lowest BCUT2D eigenvalue weighted by Crippen LogP contribution is -2.35. The van der Waals surface area contributed by atoms with Crippen LogP contribution >= 0.6 is 0 Å². The first-order valence-corrected chi connectivity index (χ1v) is 5.72. The van der Waals surface area contributed by atoms with Crippen LogP contribution in [0.5, 0.6) is 5.75 Å². The molecule has 2 N–H and O–H groups in total. The molecule has 0 saturated heterocycles. The Labute approximate surface area is 96.5 Å². The molecule has 0 spiro atoms. The van der Waals surface area contributed by atoms with Crippen LogP contribution in [-0.2, 0) is 4.74 Å². The van der Waals surface area contributed by atoms with Crippen molar-refractivity contribution in [2.24, 2.45) is 11.7 Å². The normalized spacial score (nSPS) is 25.7. The zero-order valence-corrected chi connectivity index (χ0v) is 9.85. The smallest absolute Gasteiger partial charge is 0.124 e. The molecule has 3 nitrogen and oxygen atoms in total. The third kappa shape index (κ3) is 2.20. The zero-order chi connectivity index (χ0) is 11.5. The van der Waals surface area contributed by atoms with E-state index in [0.29, 0.717) is 12.5 Å². The molecule has 1 aromatic carbocycles. The van der Waals surface area contributed by atoms with Gasteiger partial charge in [0.25, 0.3) is 0 Å². The van der Waals surface area contributed by atoms with Crippen LogP contribution in [0.3, 0.4) is 0 Å². The third-order valence-corrected chi connectivity index (χ3v) is 3.15. The van der Waals surface area contributed by atoms with Crippen molar-refractivity contribution < 1.29 is 9.47 Å². The van der Waals surface area contributed by atoms with E-state index in [4.69, 9.17) is 15.2 Å². The van der Waals surface area contributed by atoms with Crippen molar-refractivity contribution in [3.63, 3.8) is 0 Å². The Morgan fingerprint density at radius 1 is 1.50 bits per heavy atom.